The minimum Gasteiger partial charge on any atom is -0.487 e. The second kappa shape index (κ2) is 12.7. The van der Waals surface area contributed by atoms with Crippen molar-refractivity contribution in [2.45, 2.75) is 72.2 Å². The summed E-state index contributed by atoms with van der Waals surface area (Å²) in [4.78, 5) is 41.8. The van der Waals surface area contributed by atoms with Crippen LogP contribution in [0.1, 0.15) is 53.5 Å². The maximum absolute atomic E-state index is 13.7. The largest absolute Gasteiger partial charge is 0.487 e. The van der Waals surface area contributed by atoms with E-state index in [4.69, 9.17) is 4.74 Å². The number of benzene rings is 1. The summed E-state index contributed by atoms with van der Waals surface area (Å²) in [7, 11) is 3.68. The summed E-state index contributed by atoms with van der Waals surface area (Å²) < 4.78 is 6.29. The molecule has 0 saturated carbocycles. The molecule has 194 valence electrons. The fourth-order valence-corrected chi connectivity index (χ4v) is 4.36. The number of likely N-dealkylation sites (N-methyl/N-ethyl adjacent to an activating group) is 1. The molecule has 3 rings (SSSR count). The van der Waals surface area contributed by atoms with Gasteiger partial charge < -0.3 is 20.7 Å². The Bertz CT molecular complexity index is 885. The van der Waals surface area contributed by atoms with Crippen LogP contribution in [0.5, 0.6) is 5.75 Å². The first kappa shape index (κ1) is 28.4. The molecule has 1 aromatic rings. The van der Waals surface area contributed by atoms with Crippen LogP contribution in [-0.2, 0) is 14.4 Å². The van der Waals surface area contributed by atoms with Gasteiger partial charge in [-0.15, -0.1) is 0 Å². The minimum absolute atomic E-state index is 0.0313. The SMILES string of the molecule is CC(C)C[C@H]1NC(=O)[C@@H](NC(=O)[C@H](C(C)C)N(C)C)[C@H](C(C)C)Oc2ccc(cc2)/C=C\NC1=O. The summed E-state index contributed by atoms with van der Waals surface area (Å²) in [6.07, 6.45) is 3.17. The first-order valence-electron chi connectivity index (χ1n) is 12.4. The van der Waals surface area contributed by atoms with Crippen molar-refractivity contribution in [3.8, 4) is 5.75 Å². The van der Waals surface area contributed by atoms with E-state index in [0.29, 0.717) is 12.2 Å². The molecule has 0 unspecified atom stereocenters. The van der Waals surface area contributed by atoms with Crippen LogP contribution in [0.3, 0.4) is 0 Å². The monoisotopic (exact) mass is 486 g/mol. The molecule has 4 atom stereocenters. The van der Waals surface area contributed by atoms with Gasteiger partial charge in [-0.25, -0.2) is 0 Å². The lowest BCUT2D eigenvalue weighted by atomic mass is 9.95. The molecular weight excluding hydrogens is 444 g/mol. The molecule has 2 heterocycles. The summed E-state index contributed by atoms with van der Waals surface area (Å²) in [6.45, 7) is 11.8. The predicted octanol–water partition coefficient (Wildman–Crippen LogP) is 2.79. The van der Waals surface area contributed by atoms with Gasteiger partial charge in [0.25, 0.3) is 0 Å². The van der Waals surface area contributed by atoms with Crippen molar-refractivity contribution in [3.63, 3.8) is 0 Å². The Morgan fingerprint density at radius 2 is 1.66 bits per heavy atom. The van der Waals surface area contributed by atoms with Gasteiger partial charge in [0.1, 0.15) is 23.9 Å². The summed E-state index contributed by atoms with van der Waals surface area (Å²) in [6, 6.07) is 5.21. The van der Waals surface area contributed by atoms with E-state index in [1.165, 1.54) is 0 Å². The van der Waals surface area contributed by atoms with Gasteiger partial charge in [-0.2, -0.15) is 0 Å². The van der Waals surface area contributed by atoms with Crippen molar-refractivity contribution in [3.05, 3.63) is 36.0 Å². The van der Waals surface area contributed by atoms with Gasteiger partial charge in [0.05, 0.1) is 6.04 Å². The third-order valence-electron chi connectivity index (χ3n) is 6.02. The molecular formula is C27H42N4O4. The highest BCUT2D eigenvalue weighted by Crippen LogP contribution is 2.21. The van der Waals surface area contributed by atoms with Gasteiger partial charge >= 0.3 is 0 Å². The Kier molecular flexibility index (Phi) is 10.3. The van der Waals surface area contributed by atoms with Crippen LogP contribution in [0.4, 0.5) is 0 Å². The molecule has 1 aromatic carbocycles. The van der Waals surface area contributed by atoms with E-state index in [9.17, 15) is 14.4 Å². The van der Waals surface area contributed by atoms with Crippen molar-refractivity contribution < 1.29 is 19.1 Å². The average Bonchev–Trinajstić information content (AvgIpc) is 2.75. The van der Waals surface area contributed by atoms with Gasteiger partial charge in [-0.05, 0) is 62.0 Å². The molecule has 8 nitrogen and oxygen atoms in total. The molecule has 2 aliphatic heterocycles. The molecule has 0 aromatic heterocycles. The zero-order chi connectivity index (χ0) is 26.3. The highest BCUT2D eigenvalue weighted by Gasteiger charge is 2.38. The molecule has 0 saturated heterocycles. The first-order chi connectivity index (χ1) is 16.4. The molecule has 2 bridgehead atoms. The maximum atomic E-state index is 13.7. The highest BCUT2D eigenvalue weighted by atomic mass is 16.5. The third-order valence-corrected chi connectivity index (χ3v) is 6.02. The number of nitrogens with one attached hydrogen (secondary N) is 3. The number of hydrogen-bond acceptors (Lipinski definition) is 5. The highest BCUT2D eigenvalue weighted by molar-refractivity contribution is 5.94. The normalized spacial score (nSPS) is 23.0. The summed E-state index contributed by atoms with van der Waals surface area (Å²) in [5, 5.41) is 8.62. The van der Waals surface area contributed by atoms with E-state index < -0.39 is 30.1 Å². The number of fused-ring (bicyclic) bond motifs is 10. The summed E-state index contributed by atoms with van der Waals surface area (Å²) in [5.74, 6) is -0.319. The molecule has 3 amide bonds. The van der Waals surface area contributed by atoms with Crippen LogP contribution in [-0.4, -0.2) is 60.9 Å². The Morgan fingerprint density at radius 1 is 1.03 bits per heavy atom. The van der Waals surface area contributed by atoms with Crippen LogP contribution >= 0.6 is 0 Å². The Balaban J connectivity index is 2.52. The van der Waals surface area contributed by atoms with E-state index in [2.05, 4.69) is 16.0 Å². The van der Waals surface area contributed by atoms with E-state index in [1.807, 2.05) is 84.8 Å². The Labute approximate surface area is 209 Å². The number of hydrogen-bond donors (Lipinski definition) is 3. The van der Waals surface area contributed by atoms with E-state index in [0.717, 1.165) is 5.56 Å². The number of nitrogens with zero attached hydrogens (tertiary/aromatic N) is 1. The molecule has 0 radical (unpaired) electrons. The lowest BCUT2D eigenvalue weighted by molar-refractivity contribution is -0.136. The molecule has 35 heavy (non-hydrogen) atoms. The number of amides is 3. The molecule has 0 spiro atoms. The van der Waals surface area contributed by atoms with Crippen molar-refractivity contribution in [2.75, 3.05) is 14.1 Å². The lowest BCUT2D eigenvalue weighted by Gasteiger charge is -2.34. The van der Waals surface area contributed by atoms with Crippen LogP contribution in [0, 0.1) is 17.8 Å². The third kappa shape index (κ3) is 8.09. The molecule has 0 fully saturated rings. The predicted molar refractivity (Wildman–Crippen MR) is 139 cm³/mol. The molecule has 8 heteroatoms. The second-order valence-corrected chi connectivity index (χ2v) is 10.6. The van der Waals surface area contributed by atoms with Gasteiger partial charge in [0, 0.05) is 6.20 Å². The Hall–Kier alpha value is -2.87. The smallest absolute Gasteiger partial charge is 0.247 e. The maximum Gasteiger partial charge on any atom is 0.247 e. The fourth-order valence-electron chi connectivity index (χ4n) is 4.36. The first-order valence-corrected chi connectivity index (χ1v) is 12.4. The van der Waals surface area contributed by atoms with Crippen molar-refractivity contribution >= 4 is 23.8 Å². The molecule has 3 N–H and O–H groups in total. The summed E-state index contributed by atoms with van der Waals surface area (Å²) >= 11 is 0. The van der Waals surface area contributed by atoms with Crippen molar-refractivity contribution in [2.24, 2.45) is 17.8 Å². The van der Waals surface area contributed by atoms with Crippen LogP contribution in [0.2, 0.25) is 0 Å². The zero-order valence-electron chi connectivity index (χ0n) is 22.3. The average molecular weight is 487 g/mol. The number of ether oxygens (including phenoxy) is 1. The van der Waals surface area contributed by atoms with Gasteiger partial charge in [-0.1, -0.05) is 53.7 Å². The van der Waals surface area contributed by atoms with Gasteiger partial charge in [-0.3, -0.25) is 19.3 Å². The number of carbonyl (C=O) groups excluding carboxylic acids is 3. The molecule has 0 aliphatic carbocycles. The Morgan fingerprint density at radius 3 is 2.17 bits per heavy atom. The molecule has 2 aliphatic rings. The summed E-state index contributed by atoms with van der Waals surface area (Å²) in [5.41, 5.74) is 0.899. The van der Waals surface area contributed by atoms with E-state index in [-0.39, 0.29) is 29.6 Å². The lowest BCUT2D eigenvalue weighted by Crippen LogP contribution is -2.62. The van der Waals surface area contributed by atoms with Crippen molar-refractivity contribution in [1.29, 1.82) is 0 Å². The van der Waals surface area contributed by atoms with Crippen molar-refractivity contribution in [1.82, 2.24) is 20.9 Å². The zero-order valence-corrected chi connectivity index (χ0v) is 22.3. The van der Waals surface area contributed by atoms with E-state index >= 15 is 0 Å². The van der Waals surface area contributed by atoms with Gasteiger partial charge in [0.15, 0.2) is 0 Å². The van der Waals surface area contributed by atoms with Crippen LogP contribution < -0.4 is 20.7 Å². The minimum atomic E-state index is -0.996. The van der Waals surface area contributed by atoms with Crippen LogP contribution in [0.15, 0.2) is 30.5 Å². The quantitative estimate of drug-likeness (QED) is 0.550. The standard InChI is InChI=1S/C27H42N4O4/c1-16(2)15-21-25(32)28-14-13-19-9-11-20(12-10-19)35-24(18(5)6)22(26(33)29-21)30-27(34)23(17(3)4)31(7)8/h9-14,16-18,21-24H,15H2,1-8H3,(H,28,32)(H,29,33)(H,30,34)/b14-13-/t21-,22+,23+,24+/m1/s1. The fraction of sp³-hybridized carbons (Fsp3) is 0.593. The van der Waals surface area contributed by atoms with E-state index in [1.54, 1.807) is 12.3 Å². The number of carbonyl (C=O) groups is 3. The second-order valence-electron chi connectivity index (χ2n) is 10.6. The topological polar surface area (TPSA) is 99.8 Å². The van der Waals surface area contributed by atoms with Gasteiger partial charge in [0.2, 0.25) is 17.7 Å². The van der Waals surface area contributed by atoms with Crippen LogP contribution in [0.25, 0.3) is 6.08 Å². The number of rotatable bonds is 7.